The minimum atomic E-state index is -4.81. The molecule has 3 aromatic rings. The first-order valence-corrected chi connectivity index (χ1v) is 10.7. The van der Waals surface area contributed by atoms with Crippen LogP contribution in [0.2, 0.25) is 0 Å². The van der Waals surface area contributed by atoms with Crippen molar-refractivity contribution in [2.75, 3.05) is 37.8 Å². The molecule has 1 heterocycles. The maximum atomic E-state index is 14.3. The van der Waals surface area contributed by atoms with Gasteiger partial charge in [0.05, 0.1) is 11.4 Å². The number of halogens is 5. The highest BCUT2D eigenvalue weighted by Gasteiger charge is 2.31. The molecule has 0 saturated heterocycles. The fourth-order valence-corrected chi connectivity index (χ4v) is 3.25. The van der Waals surface area contributed by atoms with Crippen molar-refractivity contribution in [2.45, 2.75) is 12.8 Å². The summed E-state index contributed by atoms with van der Waals surface area (Å²) >= 11 is 3.21. The Hall–Kier alpha value is -2.92. The van der Waals surface area contributed by atoms with Gasteiger partial charge in [-0.2, -0.15) is 4.98 Å². The van der Waals surface area contributed by atoms with E-state index in [1.807, 2.05) is 19.0 Å². The quantitative estimate of drug-likeness (QED) is 0.261. The van der Waals surface area contributed by atoms with Crippen LogP contribution in [0, 0.1) is 5.82 Å². The average Bonchev–Trinajstić information content (AvgIpc) is 2.72. The van der Waals surface area contributed by atoms with Gasteiger partial charge >= 0.3 is 6.36 Å². The highest BCUT2D eigenvalue weighted by Crippen LogP contribution is 2.30. The normalized spacial score (nSPS) is 11.5. The molecule has 0 aliphatic rings. The average molecular weight is 528 g/mol. The first-order chi connectivity index (χ1) is 15.6. The van der Waals surface area contributed by atoms with Gasteiger partial charge in [0.2, 0.25) is 5.95 Å². The molecule has 2 N–H and O–H groups in total. The topological polar surface area (TPSA) is 62.3 Å². The van der Waals surface area contributed by atoms with Gasteiger partial charge in [-0.05, 0) is 57.4 Å². The minimum Gasteiger partial charge on any atom is -0.406 e. The van der Waals surface area contributed by atoms with Crippen molar-refractivity contribution < 1.29 is 22.3 Å². The molecule has 1 aromatic heterocycles. The second kappa shape index (κ2) is 10.8. The zero-order valence-corrected chi connectivity index (χ0v) is 19.5. The molecule has 33 heavy (non-hydrogen) atoms. The lowest BCUT2D eigenvalue weighted by atomic mass is 10.1. The lowest BCUT2D eigenvalue weighted by Crippen LogP contribution is -2.17. The molecule has 0 unspecified atom stereocenters. The van der Waals surface area contributed by atoms with Crippen molar-refractivity contribution in [1.29, 1.82) is 0 Å². The summed E-state index contributed by atoms with van der Waals surface area (Å²) in [6.45, 7) is 1.42. The van der Waals surface area contributed by atoms with E-state index in [2.05, 4.69) is 41.3 Å². The number of benzene rings is 2. The summed E-state index contributed by atoms with van der Waals surface area (Å²) in [7, 11) is 3.92. The Morgan fingerprint density at radius 1 is 1.06 bits per heavy atom. The van der Waals surface area contributed by atoms with Crippen LogP contribution >= 0.6 is 15.9 Å². The van der Waals surface area contributed by atoms with Crippen LogP contribution in [-0.4, -0.2) is 48.4 Å². The summed E-state index contributed by atoms with van der Waals surface area (Å²) in [5.41, 5.74) is 0.915. The third-order valence-corrected chi connectivity index (χ3v) is 4.84. The largest absolute Gasteiger partial charge is 0.573 e. The van der Waals surface area contributed by atoms with Gasteiger partial charge in [-0.15, -0.1) is 13.2 Å². The predicted octanol–water partition coefficient (Wildman–Crippen LogP) is 6.05. The molecule has 0 atom stereocenters. The molecule has 0 spiro atoms. The van der Waals surface area contributed by atoms with E-state index in [9.17, 15) is 17.6 Å². The molecule has 0 saturated carbocycles. The molecule has 2 aromatic carbocycles. The molecule has 0 radical (unpaired) electrons. The van der Waals surface area contributed by atoms with Crippen LogP contribution in [-0.2, 0) is 0 Å². The van der Waals surface area contributed by atoms with Gasteiger partial charge < -0.3 is 20.3 Å². The van der Waals surface area contributed by atoms with Crippen molar-refractivity contribution >= 4 is 33.4 Å². The van der Waals surface area contributed by atoms with Gasteiger partial charge in [0.1, 0.15) is 17.4 Å². The van der Waals surface area contributed by atoms with Crippen LogP contribution in [0.25, 0.3) is 11.3 Å². The van der Waals surface area contributed by atoms with E-state index in [1.54, 1.807) is 18.2 Å². The molecule has 11 heteroatoms. The van der Waals surface area contributed by atoms with Crippen molar-refractivity contribution in [3.8, 4) is 17.0 Å². The van der Waals surface area contributed by atoms with Gasteiger partial charge in [-0.25, -0.2) is 9.37 Å². The van der Waals surface area contributed by atoms with Crippen LogP contribution in [0.3, 0.4) is 0 Å². The van der Waals surface area contributed by atoms with Crippen molar-refractivity contribution in [1.82, 2.24) is 14.9 Å². The smallest absolute Gasteiger partial charge is 0.406 e. The molecule has 0 aliphatic heterocycles. The van der Waals surface area contributed by atoms with E-state index in [0.29, 0.717) is 22.3 Å². The molecule has 0 amide bonds. The first-order valence-electron chi connectivity index (χ1n) is 9.95. The van der Waals surface area contributed by atoms with E-state index in [4.69, 9.17) is 0 Å². The van der Waals surface area contributed by atoms with Crippen molar-refractivity contribution in [2.24, 2.45) is 0 Å². The van der Waals surface area contributed by atoms with E-state index in [1.165, 1.54) is 30.3 Å². The molecular formula is C22H22BrF4N5O. The number of hydrogen-bond donors (Lipinski definition) is 2. The standard InChI is InChI=1S/C22H22BrF4N5O/c1-32(2)10-4-9-28-21-30-19(14-5-3-6-16(11-14)33-22(25,26)27)13-20(31-21)29-18-8-7-15(23)12-17(18)24/h3,5-8,11-13H,4,9-10H2,1-2H3,(H2,28,29,30,31). The fraction of sp³-hybridized carbons (Fsp3) is 0.273. The fourth-order valence-electron chi connectivity index (χ4n) is 2.92. The number of aromatic nitrogens is 2. The Bertz CT molecular complexity index is 1090. The van der Waals surface area contributed by atoms with Gasteiger partial charge in [0.15, 0.2) is 0 Å². The van der Waals surface area contributed by atoms with Gasteiger partial charge in [0, 0.05) is 22.6 Å². The molecular weight excluding hydrogens is 506 g/mol. The second-order valence-corrected chi connectivity index (χ2v) is 8.29. The van der Waals surface area contributed by atoms with E-state index >= 15 is 0 Å². The Morgan fingerprint density at radius 3 is 2.55 bits per heavy atom. The van der Waals surface area contributed by atoms with Crippen LogP contribution in [0.4, 0.5) is 35.0 Å². The summed E-state index contributed by atoms with van der Waals surface area (Å²) in [6, 6.07) is 11.5. The van der Waals surface area contributed by atoms with Crippen LogP contribution in [0.1, 0.15) is 6.42 Å². The van der Waals surface area contributed by atoms with Crippen LogP contribution < -0.4 is 15.4 Å². The molecule has 176 valence electrons. The zero-order valence-electron chi connectivity index (χ0n) is 17.9. The Kier molecular flexibility index (Phi) is 8.09. The Balaban J connectivity index is 1.92. The number of alkyl halides is 3. The number of hydrogen-bond acceptors (Lipinski definition) is 6. The third-order valence-electron chi connectivity index (χ3n) is 4.35. The maximum absolute atomic E-state index is 14.3. The lowest BCUT2D eigenvalue weighted by Gasteiger charge is -2.14. The van der Waals surface area contributed by atoms with E-state index < -0.39 is 12.2 Å². The van der Waals surface area contributed by atoms with Crippen LogP contribution in [0.15, 0.2) is 53.0 Å². The van der Waals surface area contributed by atoms with Crippen molar-refractivity contribution in [3.63, 3.8) is 0 Å². The summed E-state index contributed by atoms with van der Waals surface area (Å²) in [5, 5.41) is 6.02. The van der Waals surface area contributed by atoms with Gasteiger partial charge in [-0.3, -0.25) is 0 Å². The number of nitrogens with zero attached hydrogens (tertiary/aromatic N) is 3. The van der Waals surface area contributed by atoms with Gasteiger partial charge in [0.25, 0.3) is 0 Å². The highest BCUT2D eigenvalue weighted by atomic mass is 79.9. The first kappa shape index (κ1) is 24.7. The number of anilines is 3. The molecule has 0 fully saturated rings. The monoisotopic (exact) mass is 527 g/mol. The molecule has 0 aliphatic carbocycles. The zero-order chi connectivity index (χ0) is 24.0. The second-order valence-electron chi connectivity index (χ2n) is 7.37. The number of ether oxygens (including phenoxy) is 1. The summed E-state index contributed by atoms with van der Waals surface area (Å²) in [6.07, 6.45) is -3.99. The Labute approximate surface area is 197 Å². The molecule has 3 rings (SSSR count). The van der Waals surface area contributed by atoms with E-state index in [0.717, 1.165) is 13.0 Å². The van der Waals surface area contributed by atoms with Gasteiger partial charge in [-0.1, -0.05) is 28.1 Å². The lowest BCUT2D eigenvalue weighted by molar-refractivity contribution is -0.274. The third kappa shape index (κ3) is 7.86. The Morgan fingerprint density at radius 2 is 1.85 bits per heavy atom. The summed E-state index contributed by atoms with van der Waals surface area (Å²) in [5.74, 6) is -0.329. The molecule has 0 bridgehead atoms. The summed E-state index contributed by atoms with van der Waals surface area (Å²) < 4.78 is 56.8. The van der Waals surface area contributed by atoms with Crippen LogP contribution in [0.5, 0.6) is 5.75 Å². The molecule has 6 nitrogen and oxygen atoms in total. The maximum Gasteiger partial charge on any atom is 0.573 e. The minimum absolute atomic E-state index is 0.190. The highest BCUT2D eigenvalue weighted by molar-refractivity contribution is 9.10. The summed E-state index contributed by atoms with van der Waals surface area (Å²) in [4.78, 5) is 10.8. The number of nitrogens with one attached hydrogen (secondary N) is 2. The van der Waals surface area contributed by atoms with E-state index in [-0.39, 0.29) is 23.2 Å². The SMILES string of the molecule is CN(C)CCCNc1nc(Nc2ccc(Br)cc2F)cc(-c2cccc(OC(F)(F)F)c2)n1. The number of rotatable bonds is 9. The predicted molar refractivity (Wildman–Crippen MR) is 123 cm³/mol. The van der Waals surface area contributed by atoms with Crippen molar-refractivity contribution in [3.05, 3.63) is 58.8 Å².